The molecule has 0 unspecified atom stereocenters. The van der Waals surface area contributed by atoms with Gasteiger partial charge in [-0.2, -0.15) is 0 Å². The lowest BCUT2D eigenvalue weighted by Crippen LogP contribution is -1.93. The summed E-state index contributed by atoms with van der Waals surface area (Å²) in [5.41, 5.74) is 4.15. The van der Waals surface area contributed by atoms with Gasteiger partial charge in [0.25, 0.3) is 0 Å². The monoisotopic (exact) mass is 215 g/mol. The Labute approximate surface area is 95.0 Å². The van der Waals surface area contributed by atoms with Gasteiger partial charge in [0, 0.05) is 11.3 Å². The molecule has 0 N–H and O–H groups in total. The van der Waals surface area contributed by atoms with Crippen LogP contribution in [0.25, 0.3) is 11.3 Å². The summed E-state index contributed by atoms with van der Waals surface area (Å²) >= 11 is 0. The van der Waals surface area contributed by atoms with Crippen molar-refractivity contribution in [3.63, 3.8) is 0 Å². The minimum atomic E-state index is -0.217. The van der Waals surface area contributed by atoms with Crippen LogP contribution in [0.3, 0.4) is 0 Å². The molecule has 0 amide bonds. The summed E-state index contributed by atoms with van der Waals surface area (Å²) in [5.74, 6) is -0.217. The lowest BCUT2D eigenvalue weighted by Gasteiger charge is -2.06. The summed E-state index contributed by atoms with van der Waals surface area (Å²) in [4.78, 5) is 4.52. The van der Waals surface area contributed by atoms with Crippen LogP contribution >= 0.6 is 0 Å². The minimum absolute atomic E-state index is 0.217. The number of benzene rings is 1. The number of pyridine rings is 1. The van der Waals surface area contributed by atoms with E-state index in [2.05, 4.69) is 18.0 Å². The highest BCUT2D eigenvalue weighted by molar-refractivity contribution is 5.59. The highest BCUT2D eigenvalue weighted by Crippen LogP contribution is 2.19. The average Bonchev–Trinajstić information content (AvgIpc) is 2.30. The van der Waals surface area contributed by atoms with Crippen molar-refractivity contribution in [1.82, 2.24) is 4.98 Å². The van der Waals surface area contributed by atoms with E-state index in [-0.39, 0.29) is 5.82 Å². The number of aryl methyl sites for hydroxylation is 2. The standard InChI is InChI=1S/C14H14FN/c1-3-11-6-9-14(16-10(11)2)12-4-7-13(15)8-5-12/h4-9H,3H2,1-2H3. The van der Waals surface area contributed by atoms with Crippen LogP contribution in [0.2, 0.25) is 0 Å². The molecule has 0 fully saturated rings. The van der Waals surface area contributed by atoms with E-state index in [1.807, 2.05) is 13.0 Å². The molecule has 2 aromatic rings. The molecule has 1 heterocycles. The van der Waals surface area contributed by atoms with Gasteiger partial charge in [-0.1, -0.05) is 13.0 Å². The van der Waals surface area contributed by atoms with Gasteiger partial charge in [-0.3, -0.25) is 4.98 Å². The van der Waals surface area contributed by atoms with Crippen molar-refractivity contribution in [2.45, 2.75) is 20.3 Å². The van der Waals surface area contributed by atoms with Crippen molar-refractivity contribution in [3.8, 4) is 11.3 Å². The van der Waals surface area contributed by atoms with E-state index in [1.54, 1.807) is 12.1 Å². The van der Waals surface area contributed by atoms with Gasteiger partial charge < -0.3 is 0 Å². The molecule has 1 aromatic carbocycles. The molecule has 16 heavy (non-hydrogen) atoms. The molecule has 0 atom stereocenters. The van der Waals surface area contributed by atoms with Gasteiger partial charge in [-0.25, -0.2) is 4.39 Å². The van der Waals surface area contributed by atoms with E-state index in [9.17, 15) is 4.39 Å². The summed E-state index contributed by atoms with van der Waals surface area (Å²) in [6.07, 6.45) is 0.989. The third kappa shape index (κ3) is 2.11. The molecule has 0 radical (unpaired) electrons. The Morgan fingerprint density at radius 3 is 2.31 bits per heavy atom. The molecule has 0 saturated carbocycles. The first-order valence-electron chi connectivity index (χ1n) is 5.43. The zero-order chi connectivity index (χ0) is 11.5. The van der Waals surface area contributed by atoms with Crippen LogP contribution in [0.4, 0.5) is 4.39 Å². The largest absolute Gasteiger partial charge is 0.253 e. The van der Waals surface area contributed by atoms with Crippen LogP contribution in [0, 0.1) is 12.7 Å². The predicted octanol–water partition coefficient (Wildman–Crippen LogP) is 3.76. The van der Waals surface area contributed by atoms with E-state index in [1.165, 1.54) is 17.7 Å². The molecule has 0 aliphatic rings. The summed E-state index contributed by atoms with van der Waals surface area (Å²) in [6.45, 7) is 4.12. The summed E-state index contributed by atoms with van der Waals surface area (Å²) in [6, 6.07) is 10.5. The molecule has 0 saturated heterocycles. The Morgan fingerprint density at radius 1 is 1.06 bits per heavy atom. The average molecular weight is 215 g/mol. The molecule has 2 heteroatoms. The predicted molar refractivity (Wildman–Crippen MR) is 63.7 cm³/mol. The molecular weight excluding hydrogens is 201 g/mol. The van der Waals surface area contributed by atoms with Gasteiger partial charge in [0.1, 0.15) is 5.82 Å². The van der Waals surface area contributed by atoms with Crippen molar-refractivity contribution in [2.75, 3.05) is 0 Å². The zero-order valence-electron chi connectivity index (χ0n) is 9.50. The third-order valence-corrected chi connectivity index (χ3v) is 2.72. The maximum absolute atomic E-state index is 12.8. The smallest absolute Gasteiger partial charge is 0.123 e. The van der Waals surface area contributed by atoms with Crippen LogP contribution in [0.5, 0.6) is 0 Å². The molecule has 0 aliphatic carbocycles. The Bertz CT molecular complexity index is 489. The Hall–Kier alpha value is -1.70. The fourth-order valence-corrected chi connectivity index (χ4v) is 1.74. The molecule has 82 valence electrons. The number of halogens is 1. The normalized spacial score (nSPS) is 10.4. The number of hydrogen-bond acceptors (Lipinski definition) is 1. The number of nitrogens with zero attached hydrogens (tertiary/aromatic N) is 1. The molecular formula is C14H14FN. The van der Waals surface area contributed by atoms with Crippen molar-refractivity contribution in [2.24, 2.45) is 0 Å². The van der Waals surface area contributed by atoms with Crippen LogP contribution in [0.1, 0.15) is 18.2 Å². The highest BCUT2D eigenvalue weighted by Gasteiger charge is 2.02. The SMILES string of the molecule is CCc1ccc(-c2ccc(F)cc2)nc1C. The van der Waals surface area contributed by atoms with Crippen molar-refractivity contribution < 1.29 is 4.39 Å². The van der Waals surface area contributed by atoms with E-state index in [0.29, 0.717) is 0 Å². The van der Waals surface area contributed by atoms with E-state index < -0.39 is 0 Å². The van der Waals surface area contributed by atoms with Crippen LogP contribution in [-0.4, -0.2) is 4.98 Å². The summed E-state index contributed by atoms with van der Waals surface area (Å²) < 4.78 is 12.8. The zero-order valence-corrected chi connectivity index (χ0v) is 9.50. The quantitative estimate of drug-likeness (QED) is 0.743. The second-order valence-corrected chi connectivity index (χ2v) is 3.80. The van der Waals surface area contributed by atoms with Crippen molar-refractivity contribution in [1.29, 1.82) is 0 Å². The van der Waals surface area contributed by atoms with E-state index in [4.69, 9.17) is 0 Å². The van der Waals surface area contributed by atoms with E-state index in [0.717, 1.165) is 23.4 Å². The lowest BCUT2D eigenvalue weighted by atomic mass is 10.1. The van der Waals surface area contributed by atoms with Crippen molar-refractivity contribution in [3.05, 3.63) is 53.5 Å². The molecule has 0 aliphatic heterocycles. The van der Waals surface area contributed by atoms with Gasteiger partial charge in [0.05, 0.1) is 5.69 Å². The summed E-state index contributed by atoms with van der Waals surface area (Å²) in [7, 11) is 0. The molecule has 0 bridgehead atoms. The van der Waals surface area contributed by atoms with Gasteiger partial charge in [-0.15, -0.1) is 0 Å². The van der Waals surface area contributed by atoms with E-state index >= 15 is 0 Å². The highest BCUT2D eigenvalue weighted by atomic mass is 19.1. The number of rotatable bonds is 2. The lowest BCUT2D eigenvalue weighted by molar-refractivity contribution is 0.628. The Kier molecular flexibility index (Phi) is 3.00. The third-order valence-electron chi connectivity index (χ3n) is 2.72. The fourth-order valence-electron chi connectivity index (χ4n) is 1.74. The van der Waals surface area contributed by atoms with Crippen LogP contribution in [-0.2, 0) is 6.42 Å². The maximum Gasteiger partial charge on any atom is 0.123 e. The number of aromatic nitrogens is 1. The molecule has 0 spiro atoms. The van der Waals surface area contributed by atoms with Crippen molar-refractivity contribution >= 4 is 0 Å². The molecule has 1 nitrogen and oxygen atoms in total. The minimum Gasteiger partial charge on any atom is -0.253 e. The van der Waals surface area contributed by atoms with Gasteiger partial charge in [-0.05, 0) is 49.2 Å². The second kappa shape index (κ2) is 4.44. The first kappa shape index (κ1) is 10.8. The van der Waals surface area contributed by atoms with Gasteiger partial charge >= 0.3 is 0 Å². The van der Waals surface area contributed by atoms with Gasteiger partial charge in [0.15, 0.2) is 0 Å². The second-order valence-electron chi connectivity index (χ2n) is 3.80. The Balaban J connectivity index is 2.41. The first-order chi connectivity index (χ1) is 7.70. The van der Waals surface area contributed by atoms with Crippen LogP contribution < -0.4 is 0 Å². The molecule has 2 rings (SSSR count). The van der Waals surface area contributed by atoms with Crippen LogP contribution in [0.15, 0.2) is 36.4 Å². The van der Waals surface area contributed by atoms with Gasteiger partial charge in [0.2, 0.25) is 0 Å². The summed E-state index contributed by atoms with van der Waals surface area (Å²) in [5, 5.41) is 0. The Morgan fingerprint density at radius 2 is 1.75 bits per heavy atom. The maximum atomic E-state index is 12.8. The molecule has 1 aromatic heterocycles. The fraction of sp³-hybridized carbons (Fsp3) is 0.214. The number of hydrogen-bond donors (Lipinski definition) is 0. The first-order valence-corrected chi connectivity index (χ1v) is 5.43. The topological polar surface area (TPSA) is 12.9 Å².